The molecule has 2 heterocycles. The second-order valence-corrected chi connectivity index (χ2v) is 9.59. The fourth-order valence-corrected chi connectivity index (χ4v) is 4.34. The quantitative estimate of drug-likeness (QED) is 0.699. The van der Waals surface area contributed by atoms with E-state index >= 15 is 0 Å². The van der Waals surface area contributed by atoms with Crippen LogP contribution >= 0.6 is 11.3 Å². The van der Waals surface area contributed by atoms with E-state index in [1.165, 1.54) is 0 Å². The van der Waals surface area contributed by atoms with Gasteiger partial charge >= 0.3 is 6.09 Å². The molecule has 30 heavy (non-hydrogen) atoms. The van der Waals surface area contributed by atoms with Gasteiger partial charge in [0.1, 0.15) is 5.60 Å². The Kier molecular flexibility index (Phi) is 7.50. The van der Waals surface area contributed by atoms with E-state index in [0.717, 1.165) is 30.0 Å². The molecule has 1 aromatic heterocycles. The van der Waals surface area contributed by atoms with Crippen molar-refractivity contribution in [3.63, 3.8) is 0 Å². The summed E-state index contributed by atoms with van der Waals surface area (Å²) in [4.78, 5) is 27.9. The number of benzene rings is 1. The van der Waals surface area contributed by atoms with E-state index in [1.54, 1.807) is 11.3 Å². The maximum Gasteiger partial charge on any atom is 0.407 e. The molecule has 6 nitrogen and oxygen atoms in total. The van der Waals surface area contributed by atoms with Crippen LogP contribution in [0.1, 0.15) is 50.1 Å². The molecule has 3 rings (SSSR count). The SMILES string of the molecule is CC(C)(C)OC(=O)NC1CCN(CCC(=O)NC(c2ccccc2)c2cccs2)C1. The number of hydrogen-bond acceptors (Lipinski definition) is 5. The van der Waals surface area contributed by atoms with E-state index in [4.69, 9.17) is 4.74 Å². The van der Waals surface area contributed by atoms with Crippen molar-refractivity contribution >= 4 is 23.3 Å². The van der Waals surface area contributed by atoms with Crippen molar-refractivity contribution in [3.05, 3.63) is 58.3 Å². The van der Waals surface area contributed by atoms with Gasteiger partial charge in [-0.15, -0.1) is 11.3 Å². The lowest BCUT2D eigenvalue weighted by Crippen LogP contribution is -2.41. The van der Waals surface area contributed by atoms with E-state index < -0.39 is 5.60 Å². The van der Waals surface area contributed by atoms with Gasteiger partial charge in [0.05, 0.1) is 6.04 Å². The molecule has 0 radical (unpaired) electrons. The van der Waals surface area contributed by atoms with Crippen LogP contribution in [0.5, 0.6) is 0 Å². The summed E-state index contributed by atoms with van der Waals surface area (Å²) in [5.41, 5.74) is 0.578. The summed E-state index contributed by atoms with van der Waals surface area (Å²) in [5, 5.41) is 8.13. The van der Waals surface area contributed by atoms with Crippen molar-refractivity contribution in [1.82, 2.24) is 15.5 Å². The van der Waals surface area contributed by atoms with E-state index in [9.17, 15) is 9.59 Å². The highest BCUT2D eigenvalue weighted by Gasteiger charge is 2.26. The van der Waals surface area contributed by atoms with Gasteiger partial charge < -0.3 is 20.3 Å². The fraction of sp³-hybridized carbons (Fsp3) is 0.478. The predicted molar refractivity (Wildman–Crippen MR) is 120 cm³/mol. The molecule has 1 aliphatic heterocycles. The summed E-state index contributed by atoms with van der Waals surface area (Å²) in [6.07, 6.45) is 0.907. The number of carbonyl (C=O) groups is 2. The highest BCUT2D eigenvalue weighted by atomic mass is 32.1. The minimum absolute atomic E-state index is 0.0285. The number of alkyl carbamates (subject to hydrolysis) is 1. The van der Waals surface area contributed by atoms with Gasteiger partial charge in [0.2, 0.25) is 5.91 Å². The highest BCUT2D eigenvalue weighted by Crippen LogP contribution is 2.26. The molecule has 1 aromatic carbocycles. The van der Waals surface area contributed by atoms with Crippen LogP contribution in [0, 0.1) is 0 Å². The number of likely N-dealkylation sites (tertiary alicyclic amines) is 1. The maximum atomic E-state index is 12.7. The maximum absolute atomic E-state index is 12.7. The zero-order valence-electron chi connectivity index (χ0n) is 17.9. The smallest absolute Gasteiger partial charge is 0.407 e. The normalized spacial score (nSPS) is 18.0. The van der Waals surface area contributed by atoms with E-state index in [1.807, 2.05) is 62.5 Å². The Balaban J connectivity index is 1.47. The van der Waals surface area contributed by atoms with Crippen molar-refractivity contribution in [2.24, 2.45) is 0 Å². The molecule has 162 valence electrons. The lowest BCUT2D eigenvalue weighted by molar-refractivity contribution is -0.121. The molecular weight excluding hydrogens is 398 g/mol. The predicted octanol–water partition coefficient (Wildman–Crippen LogP) is 3.94. The Bertz CT molecular complexity index is 818. The van der Waals surface area contributed by atoms with Gasteiger partial charge in [-0.3, -0.25) is 4.79 Å². The van der Waals surface area contributed by atoms with Gasteiger partial charge in [-0.05, 0) is 44.2 Å². The van der Waals surface area contributed by atoms with Crippen LogP contribution in [-0.4, -0.2) is 48.2 Å². The minimum Gasteiger partial charge on any atom is -0.444 e. The van der Waals surface area contributed by atoms with Gasteiger partial charge in [-0.2, -0.15) is 0 Å². The Morgan fingerprint density at radius 2 is 1.97 bits per heavy atom. The third-order valence-electron chi connectivity index (χ3n) is 4.91. The van der Waals surface area contributed by atoms with Crippen LogP contribution < -0.4 is 10.6 Å². The van der Waals surface area contributed by atoms with Crippen LogP contribution in [0.4, 0.5) is 4.79 Å². The van der Waals surface area contributed by atoms with Gasteiger partial charge in [-0.1, -0.05) is 36.4 Å². The molecule has 1 saturated heterocycles. The summed E-state index contributed by atoms with van der Waals surface area (Å²) in [6.45, 7) is 7.83. The number of thiophene rings is 1. The summed E-state index contributed by atoms with van der Waals surface area (Å²) in [6, 6.07) is 14.0. The first kappa shape index (κ1) is 22.3. The molecule has 1 fully saturated rings. The number of ether oxygens (including phenoxy) is 1. The summed E-state index contributed by atoms with van der Waals surface area (Å²) >= 11 is 1.64. The monoisotopic (exact) mass is 429 g/mol. The summed E-state index contributed by atoms with van der Waals surface area (Å²) in [7, 11) is 0. The molecule has 0 spiro atoms. The summed E-state index contributed by atoms with van der Waals surface area (Å²) < 4.78 is 5.32. The van der Waals surface area contributed by atoms with Crippen LogP contribution in [0.25, 0.3) is 0 Å². The third kappa shape index (κ3) is 6.85. The molecule has 2 amide bonds. The molecule has 2 atom stereocenters. The van der Waals surface area contributed by atoms with Crippen LogP contribution in [0.3, 0.4) is 0 Å². The molecular formula is C23H31N3O3S. The zero-order valence-corrected chi connectivity index (χ0v) is 18.7. The largest absolute Gasteiger partial charge is 0.444 e. The molecule has 1 aliphatic rings. The van der Waals surface area contributed by atoms with Crippen LogP contribution in [-0.2, 0) is 9.53 Å². The van der Waals surface area contributed by atoms with E-state index in [0.29, 0.717) is 13.0 Å². The van der Waals surface area contributed by atoms with Gasteiger partial charge in [0, 0.05) is 37.0 Å². The first-order valence-corrected chi connectivity index (χ1v) is 11.3. The highest BCUT2D eigenvalue weighted by molar-refractivity contribution is 7.10. The third-order valence-corrected chi connectivity index (χ3v) is 5.85. The van der Waals surface area contributed by atoms with E-state index in [-0.39, 0.29) is 24.1 Å². The van der Waals surface area contributed by atoms with Gasteiger partial charge in [0.15, 0.2) is 0 Å². The molecule has 7 heteroatoms. The van der Waals surface area contributed by atoms with Crippen molar-refractivity contribution in [3.8, 4) is 0 Å². The average Bonchev–Trinajstić information content (AvgIpc) is 3.36. The number of nitrogens with one attached hydrogen (secondary N) is 2. The number of nitrogens with zero attached hydrogens (tertiary/aromatic N) is 1. The van der Waals surface area contributed by atoms with Crippen LogP contribution in [0.15, 0.2) is 47.8 Å². The number of rotatable bonds is 7. The minimum atomic E-state index is -0.502. The Morgan fingerprint density at radius 3 is 2.63 bits per heavy atom. The van der Waals surface area contributed by atoms with Crippen molar-refractivity contribution in [2.45, 2.75) is 51.3 Å². The number of amides is 2. The first-order chi connectivity index (χ1) is 14.3. The summed E-state index contributed by atoms with van der Waals surface area (Å²) in [5.74, 6) is 0.0285. The number of carbonyl (C=O) groups excluding carboxylic acids is 2. The Morgan fingerprint density at radius 1 is 1.20 bits per heavy atom. The lowest BCUT2D eigenvalue weighted by atomic mass is 10.1. The van der Waals surface area contributed by atoms with Crippen LogP contribution in [0.2, 0.25) is 0 Å². The van der Waals surface area contributed by atoms with Gasteiger partial charge in [0.25, 0.3) is 0 Å². The van der Waals surface area contributed by atoms with E-state index in [2.05, 4.69) is 21.6 Å². The Labute approximate surface area is 182 Å². The van der Waals surface area contributed by atoms with Crippen molar-refractivity contribution < 1.29 is 14.3 Å². The van der Waals surface area contributed by atoms with Gasteiger partial charge in [-0.25, -0.2) is 4.79 Å². The molecule has 2 unspecified atom stereocenters. The van der Waals surface area contributed by atoms with Crippen molar-refractivity contribution in [2.75, 3.05) is 19.6 Å². The zero-order chi connectivity index (χ0) is 21.6. The molecule has 2 N–H and O–H groups in total. The molecule has 0 aliphatic carbocycles. The lowest BCUT2D eigenvalue weighted by Gasteiger charge is -2.22. The molecule has 0 saturated carbocycles. The molecule has 0 bridgehead atoms. The second-order valence-electron chi connectivity index (χ2n) is 8.61. The number of hydrogen-bond donors (Lipinski definition) is 2. The standard InChI is InChI=1S/C23H31N3O3S/c1-23(2,3)29-22(28)24-18-11-13-26(16-18)14-12-20(27)25-21(19-10-7-15-30-19)17-8-5-4-6-9-17/h4-10,15,18,21H,11-14,16H2,1-3H3,(H,24,28)(H,25,27). The van der Waals surface area contributed by atoms with Crippen molar-refractivity contribution in [1.29, 1.82) is 0 Å². The first-order valence-electron chi connectivity index (χ1n) is 10.4. The molecule has 2 aromatic rings. The topological polar surface area (TPSA) is 70.7 Å². The fourth-order valence-electron chi connectivity index (χ4n) is 3.54. The average molecular weight is 430 g/mol. The second kappa shape index (κ2) is 10.1. The Hall–Kier alpha value is -2.38.